The number of non-ortho nitro benzene ring substituents is 1. The maximum Gasteiger partial charge on any atom is 0.271 e. The number of hydrogen-bond donors (Lipinski definition) is 0. The van der Waals surface area contributed by atoms with Gasteiger partial charge in [-0.05, 0) is 36.8 Å². The number of allylic oxidation sites excluding steroid dienone is 1. The molecule has 31 heavy (non-hydrogen) atoms. The summed E-state index contributed by atoms with van der Waals surface area (Å²) in [7, 11) is -3.53. The molecule has 3 aromatic rings. The van der Waals surface area contributed by atoms with Gasteiger partial charge in [0.05, 0.1) is 25.8 Å². The Morgan fingerprint density at radius 3 is 2.61 bits per heavy atom. The van der Waals surface area contributed by atoms with Crippen molar-refractivity contribution in [1.29, 1.82) is 0 Å². The van der Waals surface area contributed by atoms with Crippen LogP contribution in [0, 0.1) is 10.1 Å². The maximum absolute atomic E-state index is 12.4. The molecule has 0 radical (unpaired) electrons. The largest absolute Gasteiger partial charge is 0.312 e. The molecule has 1 amide bonds. The molecule has 0 aliphatic heterocycles. The molecule has 3 rings (SSSR count). The molecule has 11 heteroatoms. The quantitative estimate of drug-likeness (QED) is 0.274. The second kappa shape index (κ2) is 9.54. The Labute approximate surface area is 187 Å². The minimum absolute atomic E-state index is 0.0463. The van der Waals surface area contributed by atoms with Crippen LogP contribution in [0.2, 0.25) is 5.02 Å². The molecule has 0 spiro atoms. The molecule has 0 aliphatic rings. The first-order chi connectivity index (χ1) is 14.7. The fourth-order valence-corrected chi connectivity index (χ4v) is 5.37. The highest BCUT2D eigenvalue weighted by atomic mass is 35.5. The lowest BCUT2D eigenvalue weighted by Gasteiger charge is -2.04. The SMILES string of the molecule is C=CCn1c(=NC(=O)CCCS(=O)(=O)c2ccc(Cl)cc2)sc2ccc([N+](=O)[O-])cc21. The number of nitro benzene ring substituents is 1. The van der Waals surface area contributed by atoms with Crippen molar-refractivity contribution in [2.24, 2.45) is 4.99 Å². The minimum Gasteiger partial charge on any atom is -0.312 e. The van der Waals surface area contributed by atoms with E-state index in [1.165, 1.54) is 47.7 Å². The van der Waals surface area contributed by atoms with E-state index < -0.39 is 20.7 Å². The van der Waals surface area contributed by atoms with Crippen LogP contribution >= 0.6 is 22.9 Å². The van der Waals surface area contributed by atoms with Gasteiger partial charge in [-0.15, -0.1) is 6.58 Å². The van der Waals surface area contributed by atoms with Crippen LogP contribution in [0.4, 0.5) is 5.69 Å². The van der Waals surface area contributed by atoms with Crippen molar-refractivity contribution in [2.45, 2.75) is 24.3 Å². The zero-order valence-corrected chi connectivity index (χ0v) is 18.6. The van der Waals surface area contributed by atoms with Crippen LogP contribution in [0.25, 0.3) is 10.2 Å². The van der Waals surface area contributed by atoms with Gasteiger partial charge >= 0.3 is 0 Å². The Kier molecular flexibility index (Phi) is 7.04. The van der Waals surface area contributed by atoms with Gasteiger partial charge in [-0.1, -0.05) is 29.0 Å². The summed E-state index contributed by atoms with van der Waals surface area (Å²) in [5.41, 5.74) is 0.518. The number of amides is 1. The number of thiazole rings is 1. The monoisotopic (exact) mass is 479 g/mol. The standard InChI is InChI=1S/C20H18ClN3O5S2/c1-2-11-23-17-13-15(24(26)27)7-10-18(17)30-20(23)22-19(25)4-3-12-31(28,29)16-8-5-14(21)6-9-16/h2,5-10,13H,1,3-4,11-12H2. The summed E-state index contributed by atoms with van der Waals surface area (Å²) in [5, 5.41) is 11.5. The van der Waals surface area contributed by atoms with E-state index >= 15 is 0 Å². The number of halogens is 1. The van der Waals surface area contributed by atoms with Gasteiger partial charge in [-0.25, -0.2) is 8.42 Å². The number of benzene rings is 2. The van der Waals surface area contributed by atoms with Crippen molar-refractivity contribution in [3.8, 4) is 0 Å². The number of carbonyl (C=O) groups excluding carboxylic acids is 1. The maximum atomic E-state index is 12.4. The molecule has 1 heterocycles. The molecule has 0 saturated heterocycles. The van der Waals surface area contributed by atoms with E-state index in [-0.39, 0.29) is 29.2 Å². The summed E-state index contributed by atoms with van der Waals surface area (Å²) in [6.07, 6.45) is 1.67. The summed E-state index contributed by atoms with van der Waals surface area (Å²) >= 11 is 7.01. The normalized spacial score (nSPS) is 12.2. The van der Waals surface area contributed by atoms with Crippen molar-refractivity contribution >= 4 is 54.6 Å². The van der Waals surface area contributed by atoms with Gasteiger partial charge in [0.1, 0.15) is 0 Å². The van der Waals surface area contributed by atoms with Crippen molar-refractivity contribution in [1.82, 2.24) is 4.57 Å². The van der Waals surface area contributed by atoms with Crippen molar-refractivity contribution < 1.29 is 18.1 Å². The van der Waals surface area contributed by atoms with Gasteiger partial charge in [0.15, 0.2) is 14.6 Å². The number of sulfone groups is 1. The summed E-state index contributed by atoms with van der Waals surface area (Å²) < 4.78 is 27.2. The van der Waals surface area contributed by atoms with Gasteiger partial charge in [-0.2, -0.15) is 4.99 Å². The third-order valence-corrected chi connectivity index (χ3v) is 7.51. The first-order valence-corrected chi connectivity index (χ1v) is 12.0. The number of nitrogens with zero attached hydrogens (tertiary/aromatic N) is 3. The Balaban J connectivity index is 1.78. The van der Waals surface area contributed by atoms with Crippen molar-refractivity contribution in [2.75, 3.05) is 5.75 Å². The zero-order valence-electron chi connectivity index (χ0n) is 16.2. The van der Waals surface area contributed by atoms with E-state index in [9.17, 15) is 23.3 Å². The van der Waals surface area contributed by atoms with Crippen LogP contribution in [0.15, 0.2) is 65.0 Å². The van der Waals surface area contributed by atoms with E-state index in [2.05, 4.69) is 11.6 Å². The predicted octanol–water partition coefficient (Wildman–Crippen LogP) is 4.13. The highest BCUT2D eigenvalue weighted by molar-refractivity contribution is 7.91. The first kappa shape index (κ1) is 22.9. The molecule has 0 unspecified atom stereocenters. The number of aromatic nitrogens is 1. The molecule has 0 aliphatic carbocycles. The molecule has 162 valence electrons. The smallest absolute Gasteiger partial charge is 0.271 e. The molecule has 0 atom stereocenters. The fraction of sp³-hybridized carbons (Fsp3) is 0.200. The minimum atomic E-state index is -3.53. The Morgan fingerprint density at radius 2 is 1.97 bits per heavy atom. The number of rotatable bonds is 8. The molecular formula is C20H18ClN3O5S2. The molecule has 0 saturated carbocycles. The molecular weight excluding hydrogens is 462 g/mol. The predicted molar refractivity (Wildman–Crippen MR) is 120 cm³/mol. The lowest BCUT2D eigenvalue weighted by molar-refractivity contribution is -0.384. The van der Waals surface area contributed by atoms with Gasteiger partial charge < -0.3 is 4.57 Å². The van der Waals surface area contributed by atoms with E-state index in [1.54, 1.807) is 16.7 Å². The van der Waals surface area contributed by atoms with E-state index in [1.807, 2.05) is 0 Å². The van der Waals surface area contributed by atoms with Gasteiger partial charge in [0.2, 0.25) is 5.91 Å². The third kappa shape index (κ3) is 5.46. The Hall–Kier alpha value is -2.82. The van der Waals surface area contributed by atoms with Crippen LogP contribution in [-0.2, 0) is 21.2 Å². The molecule has 1 aromatic heterocycles. The first-order valence-electron chi connectivity index (χ1n) is 9.16. The lowest BCUT2D eigenvalue weighted by atomic mass is 10.3. The zero-order chi connectivity index (χ0) is 22.6. The van der Waals surface area contributed by atoms with Gasteiger partial charge in [0.25, 0.3) is 5.69 Å². The molecule has 0 fully saturated rings. The molecule has 8 nitrogen and oxygen atoms in total. The van der Waals surface area contributed by atoms with Crippen LogP contribution in [0.3, 0.4) is 0 Å². The van der Waals surface area contributed by atoms with Crippen LogP contribution in [0.5, 0.6) is 0 Å². The second-order valence-electron chi connectivity index (χ2n) is 6.57. The van der Waals surface area contributed by atoms with Crippen molar-refractivity contribution in [3.63, 3.8) is 0 Å². The summed E-state index contributed by atoms with van der Waals surface area (Å²) in [4.78, 5) is 27.6. The second-order valence-corrected chi connectivity index (χ2v) is 10.1. The molecule has 0 N–H and O–H groups in total. The lowest BCUT2D eigenvalue weighted by Crippen LogP contribution is -2.16. The number of carbonyl (C=O) groups is 1. The fourth-order valence-electron chi connectivity index (χ4n) is 2.90. The Morgan fingerprint density at radius 1 is 1.26 bits per heavy atom. The highest BCUT2D eigenvalue weighted by Crippen LogP contribution is 2.23. The highest BCUT2D eigenvalue weighted by Gasteiger charge is 2.16. The van der Waals surface area contributed by atoms with Crippen LogP contribution in [-0.4, -0.2) is 29.6 Å². The van der Waals surface area contributed by atoms with Crippen molar-refractivity contribution in [3.05, 3.63) is 75.1 Å². The average Bonchev–Trinajstić information content (AvgIpc) is 3.04. The van der Waals surface area contributed by atoms with Crippen LogP contribution < -0.4 is 4.80 Å². The summed E-state index contributed by atoms with van der Waals surface area (Å²) in [6.45, 7) is 4.00. The summed E-state index contributed by atoms with van der Waals surface area (Å²) in [6, 6.07) is 10.3. The number of nitro groups is 1. The van der Waals surface area contributed by atoms with Gasteiger partial charge in [-0.3, -0.25) is 14.9 Å². The molecule has 2 aromatic carbocycles. The molecule has 0 bridgehead atoms. The van der Waals surface area contributed by atoms with Gasteiger partial charge in [0, 0.05) is 30.1 Å². The van der Waals surface area contributed by atoms with Crippen LogP contribution in [0.1, 0.15) is 12.8 Å². The third-order valence-electron chi connectivity index (χ3n) is 4.38. The number of hydrogen-bond acceptors (Lipinski definition) is 6. The topological polar surface area (TPSA) is 112 Å². The van der Waals surface area contributed by atoms with E-state index in [0.29, 0.717) is 21.9 Å². The van der Waals surface area contributed by atoms with E-state index in [0.717, 1.165) is 4.70 Å². The number of fused-ring (bicyclic) bond motifs is 1. The average molecular weight is 480 g/mol. The summed E-state index contributed by atoms with van der Waals surface area (Å²) in [5.74, 6) is -0.661. The Bertz CT molecular complexity index is 1330. The van der Waals surface area contributed by atoms with E-state index in [4.69, 9.17) is 11.6 Å².